The van der Waals surface area contributed by atoms with E-state index in [1.54, 1.807) is 4.90 Å². The maximum atomic E-state index is 12.4. The lowest BCUT2D eigenvalue weighted by Gasteiger charge is -2.26. The quantitative estimate of drug-likeness (QED) is 0.668. The highest BCUT2D eigenvalue weighted by Gasteiger charge is 2.38. The molecule has 0 bridgehead atoms. The second-order valence-electron chi connectivity index (χ2n) is 5.09. The Kier molecular flexibility index (Phi) is 5.73. The summed E-state index contributed by atoms with van der Waals surface area (Å²) in [6.45, 7) is 5.62. The van der Waals surface area contributed by atoms with Gasteiger partial charge in [-0.15, -0.1) is 0 Å². The van der Waals surface area contributed by atoms with Crippen LogP contribution in [0.15, 0.2) is 0 Å². The molecule has 0 heterocycles. The highest BCUT2D eigenvalue weighted by molar-refractivity contribution is 4.86. The minimum atomic E-state index is -4.07. The van der Waals surface area contributed by atoms with E-state index in [9.17, 15) is 13.2 Å². The molecule has 1 rings (SSSR count). The van der Waals surface area contributed by atoms with Gasteiger partial charge in [-0.25, -0.2) is 0 Å². The van der Waals surface area contributed by atoms with E-state index in [2.05, 4.69) is 12.2 Å². The molecule has 1 aliphatic rings. The average Bonchev–Trinajstić information content (AvgIpc) is 2.98. The second kappa shape index (κ2) is 6.59. The topological polar surface area (TPSA) is 15.3 Å². The number of nitrogens with one attached hydrogen (secondary N) is 1. The second-order valence-corrected chi connectivity index (χ2v) is 5.09. The fourth-order valence-electron chi connectivity index (χ4n) is 2.00. The summed E-state index contributed by atoms with van der Waals surface area (Å²) in [7, 11) is 0. The number of hydrogen-bond acceptors (Lipinski definition) is 2. The molecule has 5 heteroatoms. The van der Waals surface area contributed by atoms with Crippen LogP contribution in [-0.4, -0.2) is 43.3 Å². The van der Waals surface area contributed by atoms with Crippen molar-refractivity contribution in [2.45, 2.75) is 45.3 Å². The first-order valence-electron chi connectivity index (χ1n) is 6.44. The fraction of sp³-hybridized carbons (Fsp3) is 1.00. The summed E-state index contributed by atoms with van der Waals surface area (Å²) in [4.78, 5) is 1.60. The van der Waals surface area contributed by atoms with Crippen molar-refractivity contribution in [1.82, 2.24) is 10.2 Å². The summed E-state index contributed by atoms with van der Waals surface area (Å²) >= 11 is 0. The predicted octanol–water partition coefficient (Wildman–Crippen LogP) is 2.65. The molecule has 1 atom stereocenters. The minimum Gasteiger partial charge on any atom is -0.316 e. The minimum absolute atomic E-state index is 0.172. The highest BCUT2D eigenvalue weighted by atomic mass is 19.4. The molecule has 0 aliphatic heterocycles. The molecular formula is C12H23F3N2. The summed E-state index contributed by atoms with van der Waals surface area (Å²) in [5, 5.41) is 3.25. The van der Waals surface area contributed by atoms with Crippen LogP contribution in [0, 0.1) is 5.92 Å². The van der Waals surface area contributed by atoms with Crippen molar-refractivity contribution in [3.8, 4) is 0 Å². The van der Waals surface area contributed by atoms with E-state index in [1.807, 2.05) is 6.92 Å². The zero-order valence-corrected chi connectivity index (χ0v) is 10.7. The lowest BCUT2D eigenvalue weighted by Crippen LogP contribution is -2.40. The smallest absolute Gasteiger partial charge is 0.316 e. The Morgan fingerprint density at radius 1 is 1.35 bits per heavy atom. The predicted molar refractivity (Wildman–Crippen MR) is 63.0 cm³/mol. The number of halogens is 3. The Morgan fingerprint density at radius 3 is 2.47 bits per heavy atom. The first-order chi connectivity index (χ1) is 7.92. The van der Waals surface area contributed by atoms with Crippen LogP contribution < -0.4 is 5.32 Å². The van der Waals surface area contributed by atoms with Gasteiger partial charge >= 0.3 is 6.18 Å². The number of hydrogen-bond donors (Lipinski definition) is 1. The van der Waals surface area contributed by atoms with Crippen molar-refractivity contribution >= 4 is 0 Å². The normalized spacial score (nSPS) is 18.7. The van der Waals surface area contributed by atoms with Crippen LogP contribution in [-0.2, 0) is 0 Å². The molecule has 0 aromatic carbocycles. The van der Waals surface area contributed by atoms with Crippen molar-refractivity contribution in [2.75, 3.05) is 26.2 Å². The van der Waals surface area contributed by atoms with E-state index in [4.69, 9.17) is 0 Å². The molecule has 0 radical (unpaired) electrons. The maximum Gasteiger partial charge on any atom is 0.401 e. The van der Waals surface area contributed by atoms with E-state index in [0.29, 0.717) is 6.54 Å². The third kappa shape index (κ3) is 6.88. The van der Waals surface area contributed by atoms with Crippen molar-refractivity contribution in [3.05, 3.63) is 0 Å². The van der Waals surface area contributed by atoms with E-state index >= 15 is 0 Å². The van der Waals surface area contributed by atoms with Crippen LogP contribution in [0.4, 0.5) is 13.2 Å². The van der Waals surface area contributed by atoms with Crippen LogP contribution >= 0.6 is 0 Å². The largest absolute Gasteiger partial charge is 0.401 e. The molecule has 1 unspecified atom stereocenters. The number of nitrogens with zero attached hydrogens (tertiary/aromatic N) is 1. The van der Waals surface area contributed by atoms with Gasteiger partial charge in [0, 0.05) is 12.6 Å². The Morgan fingerprint density at radius 2 is 2.00 bits per heavy atom. The van der Waals surface area contributed by atoms with Crippen molar-refractivity contribution < 1.29 is 13.2 Å². The summed E-state index contributed by atoms with van der Waals surface area (Å²) in [5.41, 5.74) is 0. The van der Waals surface area contributed by atoms with Gasteiger partial charge < -0.3 is 5.32 Å². The molecule has 0 spiro atoms. The first kappa shape index (κ1) is 14.8. The average molecular weight is 252 g/mol. The Bertz CT molecular complexity index is 214. The van der Waals surface area contributed by atoms with Gasteiger partial charge in [0.05, 0.1) is 6.54 Å². The lowest BCUT2D eigenvalue weighted by atomic mass is 10.1. The van der Waals surface area contributed by atoms with Gasteiger partial charge in [-0.3, -0.25) is 4.90 Å². The van der Waals surface area contributed by atoms with Crippen molar-refractivity contribution in [1.29, 1.82) is 0 Å². The van der Waals surface area contributed by atoms with Gasteiger partial charge in [-0.05, 0) is 38.3 Å². The van der Waals surface area contributed by atoms with Gasteiger partial charge in [-0.1, -0.05) is 13.8 Å². The van der Waals surface area contributed by atoms with E-state index < -0.39 is 12.7 Å². The Balaban J connectivity index is 2.28. The lowest BCUT2D eigenvalue weighted by molar-refractivity contribution is -0.148. The van der Waals surface area contributed by atoms with Crippen molar-refractivity contribution in [3.63, 3.8) is 0 Å². The molecule has 102 valence electrons. The van der Waals surface area contributed by atoms with Crippen LogP contribution in [0.25, 0.3) is 0 Å². The fourth-order valence-corrected chi connectivity index (χ4v) is 2.00. The zero-order chi connectivity index (χ0) is 12.9. The number of alkyl halides is 3. The molecule has 0 amide bonds. The zero-order valence-electron chi connectivity index (χ0n) is 10.7. The molecule has 1 fully saturated rings. The van der Waals surface area contributed by atoms with Gasteiger partial charge in [0.15, 0.2) is 0 Å². The Hall–Kier alpha value is -0.290. The van der Waals surface area contributed by atoms with Crippen LogP contribution in [0.3, 0.4) is 0 Å². The molecule has 0 saturated heterocycles. The SMILES string of the molecule is CCCNCC(C)CN(CC(F)(F)F)C1CC1. The van der Waals surface area contributed by atoms with Gasteiger partial charge in [0.2, 0.25) is 0 Å². The summed E-state index contributed by atoms with van der Waals surface area (Å²) in [6.07, 6.45) is -1.17. The molecule has 0 aromatic rings. The van der Waals surface area contributed by atoms with Gasteiger partial charge in [0.25, 0.3) is 0 Å². The monoisotopic (exact) mass is 252 g/mol. The summed E-state index contributed by atoms with van der Waals surface area (Å²) < 4.78 is 37.2. The van der Waals surface area contributed by atoms with E-state index in [-0.39, 0.29) is 12.0 Å². The summed E-state index contributed by atoms with van der Waals surface area (Å²) in [5.74, 6) is 0.268. The Labute approximate surface area is 102 Å². The standard InChI is InChI=1S/C12H23F3N2/c1-3-6-16-7-10(2)8-17(11-4-5-11)9-12(13,14)15/h10-11,16H,3-9H2,1-2H3. The third-order valence-electron chi connectivity index (χ3n) is 2.91. The van der Waals surface area contributed by atoms with E-state index in [0.717, 1.165) is 32.4 Å². The summed E-state index contributed by atoms with van der Waals surface area (Å²) in [6, 6.07) is 0.172. The van der Waals surface area contributed by atoms with Crippen molar-refractivity contribution in [2.24, 2.45) is 5.92 Å². The molecule has 1 saturated carbocycles. The highest BCUT2D eigenvalue weighted by Crippen LogP contribution is 2.30. The van der Waals surface area contributed by atoms with Gasteiger partial charge in [0.1, 0.15) is 0 Å². The van der Waals surface area contributed by atoms with Crippen LogP contribution in [0.5, 0.6) is 0 Å². The van der Waals surface area contributed by atoms with Gasteiger partial charge in [-0.2, -0.15) is 13.2 Å². The maximum absolute atomic E-state index is 12.4. The molecule has 1 N–H and O–H groups in total. The van der Waals surface area contributed by atoms with Crippen LogP contribution in [0.1, 0.15) is 33.1 Å². The molecular weight excluding hydrogens is 229 g/mol. The molecule has 0 aromatic heterocycles. The molecule has 17 heavy (non-hydrogen) atoms. The first-order valence-corrected chi connectivity index (χ1v) is 6.44. The third-order valence-corrected chi connectivity index (χ3v) is 2.91. The van der Waals surface area contributed by atoms with E-state index in [1.165, 1.54) is 0 Å². The molecule has 2 nitrogen and oxygen atoms in total. The number of rotatable bonds is 8. The van der Waals surface area contributed by atoms with Crippen LogP contribution in [0.2, 0.25) is 0 Å². The molecule has 1 aliphatic carbocycles.